The molecule has 31 heavy (non-hydrogen) atoms. The Labute approximate surface area is 175 Å². The standard InChI is InChI=1S/C21H21F4N5O/c22-13-4-14(23)6-15(5-13)31-16-7-21(8-16)2-1-3-29(12-21)19-10-26-17-9-27-30(11-18(24)25)20(17)28-19/h4-6,9-10,16,18H,1-3,7-8,11-12H2. The molecular weight excluding hydrogens is 414 g/mol. The summed E-state index contributed by atoms with van der Waals surface area (Å²) >= 11 is 0. The smallest absolute Gasteiger partial charge is 0.258 e. The molecule has 0 amide bonds. The van der Waals surface area contributed by atoms with Crippen LogP contribution in [0.2, 0.25) is 0 Å². The van der Waals surface area contributed by atoms with Crippen molar-refractivity contribution in [2.24, 2.45) is 5.41 Å². The molecule has 3 aromatic rings. The summed E-state index contributed by atoms with van der Waals surface area (Å²) in [6, 6.07) is 3.20. The second-order valence-electron chi connectivity index (χ2n) is 8.43. The van der Waals surface area contributed by atoms with Gasteiger partial charge in [0.2, 0.25) is 0 Å². The molecule has 0 unspecified atom stereocenters. The fourth-order valence-corrected chi connectivity index (χ4v) is 4.77. The average Bonchev–Trinajstić information content (AvgIpc) is 3.08. The van der Waals surface area contributed by atoms with Gasteiger partial charge in [-0.3, -0.25) is 0 Å². The van der Waals surface area contributed by atoms with E-state index in [1.807, 2.05) is 0 Å². The maximum atomic E-state index is 13.4. The summed E-state index contributed by atoms with van der Waals surface area (Å²) in [6.45, 7) is 1.02. The van der Waals surface area contributed by atoms with Gasteiger partial charge in [0.25, 0.3) is 6.43 Å². The van der Waals surface area contributed by atoms with Crippen LogP contribution in [0.25, 0.3) is 11.2 Å². The Morgan fingerprint density at radius 3 is 2.65 bits per heavy atom. The van der Waals surface area contributed by atoms with Crippen molar-refractivity contribution in [2.75, 3.05) is 18.0 Å². The lowest BCUT2D eigenvalue weighted by Crippen LogP contribution is -2.54. The minimum absolute atomic E-state index is 0.0363. The van der Waals surface area contributed by atoms with Gasteiger partial charge in [-0.25, -0.2) is 32.2 Å². The van der Waals surface area contributed by atoms with Crippen LogP contribution in [-0.4, -0.2) is 45.4 Å². The molecule has 1 aliphatic carbocycles. The van der Waals surface area contributed by atoms with E-state index in [1.54, 1.807) is 6.20 Å². The Morgan fingerprint density at radius 2 is 1.90 bits per heavy atom. The van der Waals surface area contributed by atoms with Crippen molar-refractivity contribution in [1.29, 1.82) is 0 Å². The van der Waals surface area contributed by atoms with Crippen molar-refractivity contribution in [3.8, 4) is 5.75 Å². The van der Waals surface area contributed by atoms with Crippen molar-refractivity contribution < 1.29 is 22.3 Å². The quantitative estimate of drug-likeness (QED) is 0.563. The van der Waals surface area contributed by atoms with Crippen molar-refractivity contribution in [2.45, 2.75) is 44.8 Å². The Bertz CT molecular complexity index is 1080. The summed E-state index contributed by atoms with van der Waals surface area (Å²) in [7, 11) is 0. The van der Waals surface area contributed by atoms with Crippen molar-refractivity contribution >= 4 is 17.0 Å². The van der Waals surface area contributed by atoms with Gasteiger partial charge >= 0.3 is 0 Å². The highest BCUT2D eigenvalue weighted by molar-refractivity contribution is 5.71. The fraction of sp³-hybridized carbons (Fsp3) is 0.476. The van der Waals surface area contributed by atoms with Gasteiger partial charge in [0.1, 0.15) is 35.3 Å². The molecule has 2 aliphatic rings. The van der Waals surface area contributed by atoms with Gasteiger partial charge in [-0.1, -0.05) is 0 Å². The number of anilines is 1. The lowest BCUT2D eigenvalue weighted by molar-refractivity contribution is -0.0241. The van der Waals surface area contributed by atoms with Crippen LogP contribution < -0.4 is 9.64 Å². The van der Waals surface area contributed by atoms with E-state index < -0.39 is 24.6 Å². The van der Waals surface area contributed by atoms with E-state index in [9.17, 15) is 17.6 Å². The third-order valence-electron chi connectivity index (χ3n) is 6.09. The molecule has 3 heterocycles. The molecule has 1 aromatic carbocycles. The van der Waals surface area contributed by atoms with E-state index in [0.717, 1.165) is 44.8 Å². The third kappa shape index (κ3) is 4.03. The largest absolute Gasteiger partial charge is 0.490 e. The summed E-state index contributed by atoms with van der Waals surface area (Å²) in [5.41, 5.74) is 0.866. The number of ether oxygens (including phenoxy) is 1. The molecule has 0 atom stereocenters. The van der Waals surface area contributed by atoms with Crippen LogP contribution in [0.5, 0.6) is 5.75 Å². The molecule has 0 radical (unpaired) electrons. The monoisotopic (exact) mass is 435 g/mol. The van der Waals surface area contributed by atoms with Crippen molar-refractivity contribution in [3.63, 3.8) is 0 Å². The minimum atomic E-state index is -2.52. The lowest BCUT2D eigenvalue weighted by Gasteiger charge is -2.52. The number of nitrogens with zero attached hydrogens (tertiary/aromatic N) is 5. The van der Waals surface area contributed by atoms with E-state index in [2.05, 4.69) is 20.0 Å². The summed E-state index contributed by atoms with van der Waals surface area (Å²) in [4.78, 5) is 11.0. The second-order valence-corrected chi connectivity index (χ2v) is 8.43. The molecule has 0 N–H and O–H groups in total. The van der Waals surface area contributed by atoms with Crippen LogP contribution in [0.1, 0.15) is 25.7 Å². The number of halogens is 4. The maximum Gasteiger partial charge on any atom is 0.258 e. The number of hydrogen-bond donors (Lipinski definition) is 0. The lowest BCUT2D eigenvalue weighted by atomic mass is 9.62. The molecule has 1 saturated carbocycles. The predicted molar refractivity (Wildman–Crippen MR) is 105 cm³/mol. The molecule has 1 spiro atoms. The number of benzene rings is 1. The first kappa shape index (κ1) is 20.0. The zero-order valence-corrected chi connectivity index (χ0v) is 16.6. The van der Waals surface area contributed by atoms with Gasteiger partial charge in [0, 0.05) is 31.3 Å². The summed E-state index contributed by atoms with van der Waals surface area (Å²) in [5.74, 6) is -0.478. The Balaban J connectivity index is 1.28. The van der Waals surface area contributed by atoms with Crippen LogP contribution >= 0.6 is 0 Å². The molecule has 1 saturated heterocycles. The highest BCUT2D eigenvalue weighted by atomic mass is 19.3. The summed E-state index contributed by atoms with van der Waals surface area (Å²) in [5, 5.41) is 3.96. The van der Waals surface area contributed by atoms with E-state index in [0.29, 0.717) is 17.0 Å². The van der Waals surface area contributed by atoms with Crippen molar-refractivity contribution in [3.05, 3.63) is 42.2 Å². The van der Waals surface area contributed by atoms with Gasteiger partial charge in [0.15, 0.2) is 5.65 Å². The SMILES string of the molecule is Fc1cc(F)cc(OC2CC3(CCCN(c4cnc5cnn(CC(F)F)c5n4)C3)C2)c1. The van der Waals surface area contributed by atoms with Crippen LogP contribution in [0.3, 0.4) is 0 Å². The van der Waals surface area contributed by atoms with Crippen LogP contribution in [0.4, 0.5) is 23.4 Å². The Kier molecular flexibility index (Phi) is 4.94. The molecule has 6 nitrogen and oxygen atoms in total. The molecular formula is C21H21F4N5O. The fourth-order valence-electron chi connectivity index (χ4n) is 4.77. The van der Waals surface area contributed by atoms with Gasteiger partial charge in [-0.15, -0.1) is 0 Å². The molecule has 164 valence electrons. The molecule has 1 aliphatic heterocycles. The van der Waals surface area contributed by atoms with Crippen LogP contribution in [-0.2, 0) is 6.54 Å². The van der Waals surface area contributed by atoms with Gasteiger partial charge < -0.3 is 9.64 Å². The second kappa shape index (κ2) is 7.65. The molecule has 2 aromatic heterocycles. The van der Waals surface area contributed by atoms with Gasteiger partial charge in [0.05, 0.1) is 18.5 Å². The minimum Gasteiger partial charge on any atom is -0.490 e. The summed E-state index contributed by atoms with van der Waals surface area (Å²) < 4.78 is 59.3. The predicted octanol–water partition coefficient (Wildman–Crippen LogP) is 4.20. The number of aromatic nitrogens is 4. The summed E-state index contributed by atoms with van der Waals surface area (Å²) in [6.07, 6.45) is 4.01. The zero-order chi connectivity index (χ0) is 21.6. The number of piperidine rings is 1. The topological polar surface area (TPSA) is 56.1 Å². The molecule has 2 fully saturated rings. The van der Waals surface area contributed by atoms with Crippen molar-refractivity contribution in [1.82, 2.24) is 19.7 Å². The first-order valence-electron chi connectivity index (χ1n) is 10.2. The molecule has 0 bridgehead atoms. The number of hydrogen-bond acceptors (Lipinski definition) is 5. The van der Waals surface area contributed by atoms with E-state index >= 15 is 0 Å². The average molecular weight is 435 g/mol. The van der Waals surface area contributed by atoms with Crippen LogP contribution in [0.15, 0.2) is 30.6 Å². The van der Waals surface area contributed by atoms with Crippen LogP contribution in [0, 0.1) is 17.0 Å². The first-order valence-corrected chi connectivity index (χ1v) is 10.2. The normalized spacial score (nSPS) is 23.5. The highest BCUT2D eigenvalue weighted by Gasteiger charge is 2.48. The zero-order valence-electron chi connectivity index (χ0n) is 16.6. The number of fused-ring (bicyclic) bond motifs is 1. The van der Waals surface area contributed by atoms with E-state index in [4.69, 9.17) is 4.74 Å². The third-order valence-corrected chi connectivity index (χ3v) is 6.09. The maximum absolute atomic E-state index is 13.4. The van der Waals surface area contributed by atoms with Gasteiger partial charge in [-0.2, -0.15) is 5.10 Å². The van der Waals surface area contributed by atoms with Gasteiger partial charge in [-0.05, 0) is 31.1 Å². The number of alkyl halides is 2. The number of rotatable bonds is 5. The Morgan fingerprint density at radius 1 is 1.13 bits per heavy atom. The van der Waals surface area contributed by atoms with E-state index in [-0.39, 0.29) is 17.3 Å². The van der Waals surface area contributed by atoms with E-state index in [1.165, 1.54) is 23.0 Å². The molecule has 10 heteroatoms. The Hall–Kier alpha value is -2.91. The molecule has 5 rings (SSSR count). The highest BCUT2D eigenvalue weighted by Crippen LogP contribution is 2.49. The first-order chi connectivity index (χ1) is 14.9.